The molecule has 0 radical (unpaired) electrons. The lowest BCUT2D eigenvalue weighted by atomic mass is 10.1. The molecule has 1 fully saturated rings. The second-order valence-corrected chi connectivity index (χ2v) is 6.58. The van der Waals surface area contributed by atoms with E-state index in [1.165, 1.54) is 10.7 Å². The Morgan fingerprint density at radius 1 is 1.21 bits per heavy atom. The number of amides is 1. The van der Waals surface area contributed by atoms with Gasteiger partial charge in [-0.25, -0.2) is 4.39 Å². The van der Waals surface area contributed by atoms with E-state index in [-0.39, 0.29) is 17.4 Å². The summed E-state index contributed by atoms with van der Waals surface area (Å²) < 4.78 is 15.4. The highest BCUT2D eigenvalue weighted by Gasteiger charge is 2.26. The van der Waals surface area contributed by atoms with Crippen molar-refractivity contribution in [2.24, 2.45) is 7.05 Å². The standard InChI is InChI=1S/C16H17Cl2FN4O/c1-21-10-13(18)15(20-21)16(24)23-7-5-22(6-8-23)9-11-12(17)3-2-4-14(11)19/h2-4,10H,5-9H2,1H3. The summed E-state index contributed by atoms with van der Waals surface area (Å²) in [6.45, 7) is 2.79. The molecule has 1 aromatic carbocycles. The predicted octanol–water partition coefficient (Wildman–Crippen LogP) is 2.82. The largest absolute Gasteiger partial charge is 0.335 e. The van der Waals surface area contributed by atoms with E-state index in [0.29, 0.717) is 48.3 Å². The summed E-state index contributed by atoms with van der Waals surface area (Å²) in [7, 11) is 1.72. The van der Waals surface area contributed by atoms with Gasteiger partial charge in [-0.15, -0.1) is 0 Å². The zero-order valence-corrected chi connectivity index (χ0v) is 14.7. The third-order valence-electron chi connectivity index (χ3n) is 4.09. The maximum Gasteiger partial charge on any atom is 0.276 e. The molecule has 1 aromatic heterocycles. The van der Waals surface area contributed by atoms with E-state index >= 15 is 0 Å². The molecule has 3 rings (SSSR count). The van der Waals surface area contributed by atoms with Crippen LogP contribution in [0, 0.1) is 5.82 Å². The van der Waals surface area contributed by atoms with Crippen LogP contribution in [0.4, 0.5) is 4.39 Å². The van der Waals surface area contributed by atoms with E-state index in [9.17, 15) is 9.18 Å². The Balaban J connectivity index is 1.62. The van der Waals surface area contributed by atoms with Crippen LogP contribution in [-0.4, -0.2) is 51.7 Å². The van der Waals surface area contributed by atoms with Gasteiger partial charge >= 0.3 is 0 Å². The summed E-state index contributed by atoms with van der Waals surface area (Å²) >= 11 is 12.1. The number of nitrogens with zero attached hydrogens (tertiary/aromatic N) is 4. The Kier molecular flexibility index (Phi) is 5.08. The first-order chi connectivity index (χ1) is 11.5. The summed E-state index contributed by atoms with van der Waals surface area (Å²) in [5, 5.41) is 4.88. The van der Waals surface area contributed by atoms with Crippen molar-refractivity contribution in [1.82, 2.24) is 19.6 Å². The van der Waals surface area contributed by atoms with Crippen molar-refractivity contribution in [2.75, 3.05) is 26.2 Å². The Morgan fingerprint density at radius 2 is 1.92 bits per heavy atom. The van der Waals surface area contributed by atoms with Gasteiger partial charge in [0, 0.05) is 56.6 Å². The van der Waals surface area contributed by atoms with Gasteiger partial charge in [-0.1, -0.05) is 29.3 Å². The average Bonchev–Trinajstić information content (AvgIpc) is 2.89. The molecule has 24 heavy (non-hydrogen) atoms. The first-order valence-electron chi connectivity index (χ1n) is 7.59. The number of benzene rings is 1. The van der Waals surface area contributed by atoms with Crippen LogP contribution in [0.5, 0.6) is 0 Å². The molecule has 1 saturated heterocycles. The Labute approximate surface area is 149 Å². The third kappa shape index (κ3) is 3.55. The molecule has 0 spiro atoms. The average molecular weight is 371 g/mol. The molecule has 0 bridgehead atoms. The highest BCUT2D eigenvalue weighted by atomic mass is 35.5. The van der Waals surface area contributed by atoms with E-state index in [2.05, 4.69) is 10.00 Å². The summed E-state index contributed by atoms with van der Waals surface area (Å²) in [6.07, 6.45) is 1.60. The topological polar surface area (TPSA) is 41.4 Å². The van der Waals surface area contributed by atoms with Gasteiger partial charge in [-0.3, -0.25) is 14.4 Å². The maximum absolute atomic E-state index is 13.9. The van der Waals surface area contributed by atoms with Gasteiger partial charge in [0.05, 0.1) is 5.02 Å². The fourth-order valence-electron chi connectivity index (χ4n) is 2.77. The van der Waals surface area contributed by atoms with E-state index in [1.54, 1.807) is 30.3 Å². The second-order valence-electron chi connectivity index (χ2n) is 5.77. The molecule has 1 aliphatic heterocycles. The van der Waals surface area contributed by atoms with Crippen molar-refractivity contribution in [2.45, 2.75) is 6.54 Å². The van der Waals surface area contributed by atoms with Crippen LogP contribution in [0.1, 0.15) is 16.1 Å². The molecule has 5 nitrogen and oxygen atoms in total. The predicted molar refractivity (Wildman–Crippen MR) is 90.8 cm³/mol. The number of hydrogen-bond donors (Lipinski definition) is 0. The van der Waals surface area contributed by atoms with Crippen LogP contribution in [-0.2, 0) is 13.6 Å². The monoisotopic (exact) mass is 370 g/mol. The quantitative estimate of drug-likeness (QED) is 0.833. The molecule has 2 aromatic rings. The maximum atomic E-state index is 13.9. The van der Waals surface area contributed by atoms with E-state index in [4.69, 9.17) is 23.2 Å². The number of hydrogen-bond acceptors (Lipinski definition) is 3. The summed E-state index contributed by atoms with van der Waals surface area (Å²) in [6, 6.07) is 4.68. The van der Waals surface area contributed by atoms with Crippen LogP contribution < -0.4 is 0 Å². The molecule has 128 valence electrons. The first kappa shape index (κ1) is 17.2. The highest BCUT2D eigenvalue weighted by molar-refractivity contribution is 6.33. The SMILES string of the molecule is Cn1cc(Cl)c(C(=O)N2CCN(Cc3c(F)cccc3Cl)CC2)n1. The van der Waals surface area contributed by atoms with E-state index < -0.39 is 0 Å². The molecule has 1 amide bonds. The molecule has 0 saturated carbocycles. The first-order valence-corrected chi connectivity index (χ1v) is 8.35. The van der Waals surface area contributed by atoms with Crippen LogP contribution in [0.15, 0.2) is 24.4 Å². The number of piperazine rings is 1. The minimum atomic E-state index is -0.304. The van der Waals surface area contributed by atoms with Crippen LogP contribution >= 0.6 is 23.2 Å². The Hall–Kier alpha value is -1.63. The van der Waals surface area contributed by atoms with Gasteiger partial charge in [0.15, 0.2) is 5.69 Å². The van der Waals surface area contributed by atoms with Crippen LogP contribution in [0.3, 0.4) is 0 Å². The summed E-state index contributed by atoms with van der Waals surface area (Å²) in [4.78, 5) is 16.3. The zero-order chi connectivity index (χ0) is 17.3. The second kappa shape index (κ2) is 7.09. The normalized spacial score (nSPS) is 15.8. The third-order valence-corrected chi connectivity index (χ3v) is 4.72. The van der Waals surface area contributed by atoms with Crippen molar-refractivity contribution in [3.63, 3.8) is 0 Å². The zero-order valence-electron chi connectivity index (χ0n) is 13.2. The summed E-state index contributed by atoms with van der Waals surface area (Å²) in [5.41, 5.74) is 0.761. The molecule has 1 aliphatic rings. The fourth-order valence-corrected chi connectivity index (χ4v) is 3.25. The van der Waals surface area contributed by atoms with Crippen LogP contribution in [0.2, 0.25) is 10.0 Å². The number of aryl methyl sites for hydroxylation is 1. The van der Waals surface area contributed by atoms with Gasteiger partial charge < -0.3 is 4.90 Å². The minimum absolute atomic E-state index is 0.177. The number of carbonyl (C=O) groups excluding carboxylic acids is 1. The van der Waals surface area contributed by atoms with Crippen LogP contribution in [0.25, 0.3) is 0 Å². The molecule has 0 aliphatic carbocycles. The molecular formula is C16H17Cl2FN4O. The van der Waals surface area contributed by atoms with Gasteiger partial charge in [-0.05, 0) is 12.1 Å². The molecule has 0 unspecified atom stereocenters. The van der Waals surface area contributed by atoms with Gasteiger partial charge in [0.25, 0.3) is 5.91 Å². The fraction of sp³-hybridized carbons (Fsp3) is 0.375. The van der Waals surface area contributed by atoms with E-state index in [0.717, 1.165) is 0 Å². The smallest absolute Gasteiger partial charge is 0.276 e. The molecule has 8 heteroatoms. The van der Waals surface area contributed by atoms with Crippen molar-refractivity contribution in [1.29, 1.82) is 0 Å². The van der Waals surface area contributed by atoms with Crippen molar-refractivity contribution in [3.8, 4) is 0 Å². The number of rotatable bonds is 3. The van der Waals surface area contributed by atoms with Gasteiger partial charge in [-0.2, -0.15) is 5.10 Å². The van der Waals surface area contributed by atoms with Crippen molar-refractivity contribution in [3.05, 3.63) is 51.5 Å². The van der Waals surface area contributed by atoms with Crippen molar-refractivity contribution < 1.29 is 9.18 Å². The number of carbonyl (C=O) groups is 1. The lowest BCUT2D eigenvalue weighted by Crippen LogP contribution is -2.48. The molecular weight excluding hydrogens is 354 g/mol. The summed E-state index contributed by atoms with van der Waals surface area (Å²) in [5.74, 6) is -0.481. The Bertz CT molecular complexity index is 736. The van der Waals surface area contributed by atoms with E-state index in [1.807, 2.05) is 0 Å². The lowest BCUT2D eigenvalue weighted by molar-refractivity contribution is 0.0620. The molecule has 0 N–H and O–H groups in total. The number of halogens is 3. The lowest BCUT2D eigenvalue weighted by Gasteiger charge is -2.34. The molecule has 2 heterocycles. The Morgan fingerprint density at radius 3 is 2.50 bits per heavy atom. The number of aromatic nitrogens is 2. The van der Waals surface area contributed by atoms with Crippen molar-refractivity contribution >= 4 is 29.1 Å². The minimum Gasteiger partial charge on any atom is -0.335 e. The van der Waals surface area contributed by atoms with Gasteiger partial charge in [0.2, 0.25) is 0 Å². The van der Waals surface area contributed by atoms with Gasteiger partial charge in [0.1, 0.15) is 5.82 Å². The highest BCUT2D eigenvalue weighted by Crippen LogP contribution is 2.22. The molecule has 0 atom stereocenters.